The van der Waals surface area contributed by atoms with Gasteiger partial charge in [-0.1, -0.05) is 20.8 Å². The van der Waals surface area contributed by atoms with Crippen molar-refractivity contribution in [1.82, 2.24) is 10.2 Å². The molecule has 1 N–H and O–H groups in total. The zero-order valence-corrected chi connectivity index (χ0v) is 15.7. The van der Waals surface area contributed by atoms with E-state index in [1.54, 1.807) is 7.05 Å². The van der Waals surface area contributed by atoms with Gasteiger partial charge in [0.2, 0.25) is 5.91 Å². The fraction of sp³-hybridized carbons (Fsp3) is 0.889. The Labute approximate surface area is 140 Å². The van der Waals surface area contributed by atoms with Gasteiger partial charge in [0.15, 0.2) is 0 Å². The summed E-state index contributed by atoms with van der Waals surface area (Å²) in [7, 11) is 1.60. The first-order valence-corrected chi connectivity index (χ1v) is 8.60. The van der Waals surface area contributed by atoms with Crippen LogP contribution in [0.4, 0.5) is 4.79 Å². The molecule has 2 saturated carbocycles. The molecule has 2 aliphatic rings. The Kier molecular flexibility index (Phi) is 4.46. The van der Waals surface area contributed by atoms with Crippen molar-refractivity contribution < 1.29 is 14.3 Å². The van der Waals surface area contributed by atoms with E-state index in [0.29, 0.717) is 5.92 Å². The van der Waals surface area contributed by atoms with Crippen LogP contribution < -0.4 is 5.32 Å². The lowest BCUT2D eigenvalue weighted by atomic mass is 9.69. The number of nitrogens with one attached hydrogen (secondary N) is 1. The smallest absolute Gasteiger partial charge is 0.410 e. The van der Waals surface area contributed by atoms with Gasteiger partial charge in [-0.25, -0.2) is 4.79 Å². The summed E-state index contributed by atoms with van der Waals surface area (Å²) in [5.41, 5.74) is -0.135. The van der Waals surface area contributed by atoms with Gasteiger partial charge in [-0.2, -0.15) is 0 Å². The van der Waals surface area contributed by atoms with E-state index < -0.39 is 11.7 Å². The fourth-order valence-corrected chi connectivity index (χ4v) is 4.28. The quantitative estimate of drug-likeness (QED) is 0.867. The minimum atomic E-state index is -0.552. The Morgan fingerprint density at radius 3 is 2.30 bits per heavy atom. The molecule has 2 aliphatic carbocycles. The second-order valence-electron chi connectivity index (χ2n) is 9.07. The van der Waals surface area contributed by atoms with E-state index in [9.17, 15) is 9.59 Å². The fourth-order valence-electron chi connectivity index (χ4n) is 4.28. The lowest BCUT2D eigenvalue weighted by molar-refractivity contribution is -0.123. The maximum Gasteiger partial charge on any atom is 0.410 e. The SMILES string of the molecule is CN(CC(=O)NC1CC2CCC1(C)C2(C)C)C(=O)OC(C)(C)C. The number of fused-ring (bicyclic) bond motifs is 2. The molecular weight excluding hydrogens is 292 g/mol. The zero-order chi connectivity index (χ0) is 17.6. The van der Waals surface area contributed by atoms with Gasteiger partial charge in [-0.05, 0) is 56.8 Å². The Hall–Kier alpha value is -1.26. The van der Waals surface area contributed by atoms with Gasteiger partial charge in [0.05, 0.1) is 0 Å². The Morgan fingerprint density at radius 2 is 1.87 bits per heavy atom. The summed E-state index contributed by atoms with van der Waals surface area (Å²) in [6.07, 6.45) is 3.00. The molecule has 0 aromatic carbocycles. The summed E-state index contributed by atoms with van der Waals surface area (Å²) < 4.78 is 5.28. The van der Waals surface area contributed by atoms with Crippen LogP contribution in [0.1, 0.15) is 60.8 Å². The number of carbonyl (C=O) groups excluding carboxylic acids is 2. The van der Waals surface area contributed by atoms with Crippen molar-refractivity contribution >= 4 is 12.0 Å². The number of hydrogen-bond acceptors (Lipinski definition) is 3. The first-order valence-electron chi connectivity index (χ1n) is 8.60. The van der Waals surface area contributed by atoms with Crippen LogP contribution in [0.3, 0.4) is 0 Å². The summed E-state index contributed by atoms with van der Waals surface area (Å²) in [5, 5.41) is 3.17. The maximum absolute atomic E-state index is 12.3. The van der Waals surface area contributed by atoms with Crippen molar-refractivity contribution in [3.05, 3.63) is 0 Å². The molecule has 0 spiro atoms. The molecule has 0 aliphatic heterocycles. The van der Waals surface area contributed by atoms with Gasteiger partial charge in [0.1, 0.15) is 12.1 Å². The zero-order valence-electron chi connectivity index (χ0n) is 15.7. The van der Waals surface area contributed by atoms with E-state index in [1.165, 1.54) is 11.3 Å². The average molecular weight is 324 g/mol. The first kappa shape index (κ1) is 18.1. The lowest BCUT2D eigenvalue weighted by Crippen LogP contribution is -2.50. The predicted octanol–water partition coefficient (Wildman–Crippen LogP) is 3.18. The molecule has 0 aromatic heterocycles. The molecule has 5 heteroatoms. The number of ether oxygens (including phenoxy) is 1. The van der Waals surface area contributed by atoms with E-state index in [0.717, 1.165) is 12.8 Å². The molecule has 132 valence electrons. The number of nitrogens with zero attached hydrogens (tertiary/aromatic N) is 1. The van der Waals surface area contributed by atoms with Crippen LogP contribution in [0.2, 0.25) is 0 Å². The highest BCUT2D eigenvalue weighted by Crippen LogP contribution is 2.65. The largest absolute Gasteiger partial charge is 0.444 e. The molecule has 2 fully saturated rings. The number of likely N-dealkylation sites (N-methyl/N-ethyl adjacent to an activating group) is 1. The van der Waals surface area contributed by atoms with Crippen LogP contribution in [0.25, 0.3) is 0 Å². The molecule has 2 bridgehead atoms. The van der Waals surface area contributed by atoms with Crippen molar-refractivity contribution in [3.8, 4) is 0 Å². The Morgan fingerprint density at radius 1 is 1.26 bits per heavy atom. The second-order valence-corrected chi connectivity index (χ2v) is 9.07. The van der Waals surface area contributed by atoms with Gasteiger partial charge in [0, 0.05) is 13.1 Å². The van der Waals surface area contributed by atoms with Crippen LogP contribution in [-0.2, 0) is 9.53 Å². The molecule has 23 heavy (non-hydrogen) atoms. The van der Waals surface area contributed by atoms with Crippen LogP contribution in [0, 0.1) is 16.7 Å². The number of hydrogen-bond donors (Lipinski definition) is 1. The van der Waals surface area contributed by atoms with E-state index in [2.05, 4.69) is 26.1 Å². The van der Waals surface area contributed by atoms with Crippen molar-refractivity contribution in [2.45, 2.75) is 72.4 Å². The Balaban J connectivity index is 1.90. The molecular formula is C18H32N2O3. The topological polar surface area (TPSA) is 58.6 Å². The van der Waals surface area contributed by atoms with Crippen molar-refractivity contribution in [3.63, 3.8) is 0 Å². The highest BCUT2D eigenvalue weighted by molar-refractivity contribution is 5.82. The first-order chi connectivity index (χ1) is 10.4. The maximum atomic E-state index is 12.3. The molecule has 3 unspecified atom stereocenters. The van der Waals surface area contributed by atoms with Crippen molar-refractivity contribution in [2.24, 2.45) is 16.7 Å². The third-order valence-electron chi connectivity index (χ3n) is 6.22. The van der Waals surface area contributed by atoms with Crippen LogP contribution >= 0.6 is 0 Å². The van der Waals surface area contributed by atoms with E-state index in [4.69, 9.17) is 4.74 Å². The highest BCUT2D eigenvalue weighted by Gasteiger charge is 2.61. The Bertz CT molecular complexity index is 495. The van der Waals surface area contributed by atoms with E-state index in [1.807, 2.05) is 20.8 Å². The third kappa shape index (κ3) is 3.33. The van der Waals surface area contributed by atoms with Crippen LogP contribution in [0.5, 0.6) is 0 Å². The standard InChI is InChI=1S/C18H32N2O3/c1-16(2,3)23-15(22)20(7)11-14(21)19-13-10-12-8-9-18(13,6)17(12,4)5/h12-13H,8-11H2,1-7H3,(H,19,21). The van der Waals surface area contributed by atoms with Gasteiger partial charge in [0.25, 0.3) is 0 Å². The normalized spacial score (nSPS) is 31.8. The number of carbonyl (C=O) groups is 2. The molecule has 0 heterocycles. The third-order valence-corrected chi connectivity index (χ3v) is 6.22. The minimum absolute atomic E-state index is 0.0343. The summed E-state index contributed by atoms with van der Waals surface area (Å²) in [5.74, 6) is 0.578. The lowest BCUT2D eigenvalue weighted by Gasteiger charge is -2.39. The van der Waals surface area contributed by atoms with Gasteiger partial charge >= 0.3 is 6.09 Å². The molecule has 0 aromatic rings. The van der Waals surface area contributed by atoms with Gasteiger partial charge < -0.3 is 15.0 Å². The van der Waals surface area contributed by atoms with Crippen molar-refractivity contribution in [1.29, 1.82) is 0 Å². The molecule has 5 nitrogen and oxygen atoms in total. The minimum Gasteiger partial charge on any atom is -0.444 e. The molecule has 2 amide bonds. The van der Waals surface area contributed by atoms with Crippen molar-refractivity contribution in [2.75, 3.05) is 13.6 Å². The summed E-state index contributed by atoms with van der Waals surface area (Å²) in [6, 6.07) is 0.204. The van der Waals surface area contributed by atoms with E-state index in [-0.39, 0.29) is 29.3 Å². The summed E-state index contributed by atoms with van der Waals surface area (Å²) in [6.45, 7) is 12.4. The number of rotatable bonds is 3. The van der Waals surface area contributed by atoms with E-state index >= 15 is 0 Å². The molecule has 0 saturated heterocycles. The second kappa shape index (κ2) is 5.67. The van der Waals surface area contributed by atoms with Crippen LogP contribution in [0.15, 0.2) is 0 Å². The summed E-state index contributed by atoms with van der Waals surface area (Å²) >= 11 is 0. The highest BCUT2D eigenvalue weighted by atomic mass is 16.6. The molecule has 3 atom stereocenters. The monoisotopic (exact) mass is 324 g/mol. The number of amides is 2. The molecule has 0 radical (unpaired) electrons. The van der Waals surface area contributed by atoms with Gasteiger partial charge in [-0.3, -0.25) is 4.79 Å². The predicted molar refractivity (Wildman–Crippen MR) is 90.0 cm³/mol. The molecule has 2 rings (SSSR count). The average Bonchev–Trinajstić information content (AvgIpc) is 2.69. The van der Waals surface area contributed by atoms with Gasteiger partial charge in [-0.15, -0.1) is 0 Å². The summed E-state index contributed by atoms with van der Waals surface area (Å²) in [4.78, 5) is 25.6. The van der Waals surface area contributed by atoms with Crippen LogP contribution in [-0.4, -0.2) is 42.1 Å².